The molecule has 1 heterocycles. The van der Waals surface area contributed by atoms with Crippen LogP contribution in [0.15, 0.2) is 29.3 Å². The Morgan fingerprint density at radius 1 is 1.11 bits per heavy atom. The maximum absolute atomic E-state index is 4.46. The van der Waals surface area contributed by atoms with Gasteiger partial charge in [0.15, 0.2) is 5.96 Å². The van der Waals surface area contributed by atoms with Crippen molar-refractivity contribution in [2.75, 3.05) is 53.4 Å². The van der Waals surface area contributed by atoms with E-state index in [1.807, 2.05) is 7.05 Å². The maximum atomic E-state index is 4.46. The molecule has 1 fully saturated rings. The number of rotatable bonds is 7. The molecule has 1 unspecified atom stereocenters. The van der Waals surface area contributed by atoms with Crippen LogP contribution in [0.3, 0.4) is 0 Å². The lowest BCUT2D eigenvalue weighted by Crippen LogP contribution is -2.53. The van der Waals surface area contributed by atoms with Gasteiger partial charge in [0.2, 0.25) is 0 Å². The third kappa shape index (κ3) is 7.58. The van der Waals surface area contributed by atoms with E-state index in [0.29, 0.717) is 6.04 Å². The fourth-order valence-corrected chi connectivity index (χ4v) is 3.50. The molecule has 0 spiro atoms. The van der Waals surface area contributed by atoms with Gasteiger partial charge in [0, 0.05) is 59.4 Å². The van der Waals surface area contributed by atoms with Gasteiger partial charge in [-0.05, 0) is 31.0 Å². The molecule has 154 valence electrons. The number of benzene rings is 1. The van der Waals surface area contributed by atoms with Gasteiger partial charge in [0.25, 0.3) is 0 Å². The van der Waals surface area contributed by atoms with Crippen molar-refractivity contribution < 1.29 is 0 Å². The smallest absolute Gasteiger partial charge is 0.193 e. The summed E-state index contributed by atoms with van der Waals surface area (Å²) < 4.78 is 0. The second kappa shape index (κ2) is 12.6. The summed E-state index contributed by atoms with van der Waals surface area (Å²) in [4.78, 5) is 11.8. The first kappa shape index (κ1) is 24.2. The standard InChI is InChI=1S/C21H37N5.HI/c1-6-19-8-10-20(11-9-19)17-24(5)21(22-4)23-16-18(3)26-14-12-25(7-2)13-15-26;/h8-11,18H,6-7,12-17H2,1-5H3,(H,22,23);1H. The van der Waals surface area contributed by atoms with Crippen molar-refractivity contribution in [2.24, 2.45) is 4.99 Å². The summed E-state index contributed by atoms with van der Waals surface area (Å²) in [7, 11) is 3.97. The van der Waals surface area contributed by atoms with Crippen molar-refractivity contribution in [3.63, 3.8) is 0 Å². The number of hydrogen-bond acceptors (Lipinski definition) is 3. The summed E-state index contributed by atoms with van der Waals surface area (Å²) in [6.45, 7) is 14.4. The van der Waals surface area contributed by atoms with E-state index in [0.717, 1.165) is 45.1 Å². The van der Waals surface area contributed by atoms with Gasteiger partial charge in [-0.25, -0.2) is 0 Å². The average molecular weight is 487 g/mol. The first-order valence-electron chi connectivity index (χ1n) is 10.0. The molecule has 5 nitrogen and oxygen atoms in total. The molecule has 0 radical (unpaired) electrons. The third-order valence-corrected chi connectivity index (χ3v) is 5.46. The Hall–Kier alpha value is -0.860. The van der Waals surface area contributed by atoms with E-state index in [2.05, 4.69) is 77.1 Å². The fraction of sp³-hybridized carbons (Fsp3) is 0.667. The first-order valence-corrected chi connectivity index (χ1v) is 10.0. The zero-order valence-electron chi connectivity index (χ0n) is 17.7. The number of nitrogens with zero attached hydrogens (tertiary/aromatic N) is 4. The van der Waals surface area contributed by atoms with Crippen LogP contribution in [0.4, 0.5) is 0 Å². The van der Waals surface area contributed by atoms with Crippen molar-refractivity contribution in [2.45, 2.75) is 39.8 Å². The molecule has 6 heteroatoms. The lowest BCUT2D eigenvalue weighted by atomic mass is 10.1. The van der Waals surface area contributed by atoms with E-state index in [1.165, 1.54) is 24.2 Å². The number of piperazine rings is 1. The molecule has 1 aliphatic heterocycles. The Morgan fingerprint density at radius 2 is 1.70 bits per heavy atom. The monoisotopic (exact) mass is 487 g/mol. The molecule has 0 aliphatic carbocycles. The molecule has 27 heavy (non-hydrogen) atoms. The van der Waals surface area contributed by atoms with Gasteiger partial charge in [-0.15, -0.1) is 24.0 Å². The molecular formula is C21H38IN5. The topological polar surface area (TPSA) is 34.1 Å². The Balaban J connectivity index is 0.00000364. The van der Waals surface area contributed by atoms with Crippen molar-refractivity contribution in [3.05, 3.63) is 35.4 Å². The molecule has 0 amide bonds. The largest absolute Gasteiger partial charge is 0.355 e. The van der Waals surface area contributed by atoms with E-state index < -0.39 is 0 Å². The highest BCUT2D eigenvalue weighted by atomic mass is 127. The minimum atomic E-state index is 0. The number of aryl methyl sites for hydroxylation is 1. The molecule has 1 saturated heterocycles. The minimum absolute atomic E-state index is 0. The molecular weight excluding hydrogens is 449 g/mol. The van der Waals surface area contributed by atoms with Crippen LogP contribution in [0.2, 0.25) is 0 Å². The fourth-order valence-electron chi connectivity index (χ4n) is 3.50. The number of aliphatic imine (C=N–C) groups is 1. The van der Waals surface area contributed by atoms with Crippen LogP contribution in [-0.4, -0.2) is 80.1 Å². The number of likely N-dealkylation sites (N-methyl/N-ethyl adjacent to an activating group) is 1. The summed E-state index contributed by atoms with van der Waals surface area (Å²) in [5, 5.41) is 3.55. The molecule has 1 aliphatic rings. The van der Waals surface area contributed by atoms with Gasteiger partial charge in [-0.1, -0.05) is 38.1 Å². The van der Waals surface area contributed by atoms with Gasteiger partial charge < -0.3 is 15.1 Å². The second-order valence-electron chi connectivity index (χ2n) is 7.27. The van der Waals surface area contributed by atoms with Crippen LogP contribution in [0.1, 0.15) is 31.9 Å². The summed E-state index contributed by atoms with van der Waals surface area (Å²) in [5.74, 6) is 0.962. The normalized spacial score (nSPS) is 17.3. The highest BCUT2D eigenvalue weighted by Gasteiger charge is 2.20. The molecule has 1 N–H and O–H groups in total. The molecule has 1 aromatic rings. The van der Waals surface area contributed by atoms with Crippen LogP contribution in [0.25, 0.3) is 0 Å². The Bertz CT molecular complexity index is 552. The van der Waals surface area contributed by atoms with Crippen LogP contribution in [0.5, 0.6) is 0 Å². The zero-order valence-corrected chi connectivity index (χ0v) is 20.1. The van der Waals surface area contributed by atoms with Crippen LogP contribution < -0.4 is 5.32 Å². The van der Waals surface area contributed by atoms with E-state index in [4.69, 9.17) is 0 Å². The molecule has 1 atom stereocenters. The van der Waals surface area contributed by atoms with Crippen molar-refractivity contribution in [1.29, 1.82) is 0 Å². The van der Waals surface area contributed by atoms with E-state index >= 15 is 0 Å². The number of nitrogens with one attached hydrogen (secondary N) is 1. The summed E-state index contributed by atoms with van der Waals surface area (Å²) >= 11 is 0. The molecule has 1 aromatic carbocycles. The van der Waals surface area contributed by atoms with Crippen LogP contribution in [0, 0.1) is 0 Å². The highest BCUT2D eigenvalue weighted by molar-refractivity contribution is 14.0. The quantitative estimate of drug-likeness (QED) is 0.365. The van der Waals surface area contributed by atoms with Gasteiger partial charge in [0.05, 0.1) is 0 Å². The van der Waals surface area contributed by atoms with Gasteiger partial charge in [-0.2, -0.15) is 0 Å². The summed E-state index contributed by atoms with van der Waals surface area (Å²) in [6, 6.07) is 9.40. The number of hydrogen-bond donors (Lipinski definition) is 1. The zero-order chi connectivity index (χ0) is 18.9. The average Bonchev–Trinajstić information content (AvgIpc) is 2.69. The second-order valence-corrected chi connectivity index (χ2v) is 7.27. The van der Waals surface area contributed by atoms with E-state index in [9.17, 15) is 0 Å². The van der Waals surface area contributed by atoms with Crippen LogP contribution in [-0.2, 0) is 13.0 Å². The predicted molar refractivity (Wildman–Crippen MR) is 127 cm³/mol. The van der Waals surface area contributed by atoms with Gasteiger partial charge >= 0.3 is 0 Å². The maximum Gasteiger partial charge on any atom is 0.193 e. The van der Waals surface area contributed by atoms with Crippen molar-refractivity contribution in [3.8, 4) is 0 Å². The van der Waals surface area contributed by atoms with E-state index in [-0.39, 0.29) is 24.0 Å². The van der Waals surface area contributed by atoms with E-state index in [1.54, 1.807) is 0 Å². The molecule has 0 saturated carbocycles. The number of guanidine groups is 1. The van der Waals surface area contributed by atoms with Crippen LogP contribution >= 0.6 is 24.0 Å². The first-order chi connectivity index (χ1) is 12.6. The Kier molecular flexibility index (Phi) is 11.3. The lowest BCUT2D eigenvalue weighted by Gasteiger charge is -2.38. The summed E-state index contributed by atoms with van der Waals surface area (Å²) in [5.41, 5.74) is 2.70. The lowest BCUT2D eigenvalue weighted by molar-refractivity contribution is 0.107. The summed E-state index contributed by atoms with van der Waals surface area (Å²) in [6.07, 6.45) is 1.09. The van der Waals surface area contributed by atoms with Crippen molar-refractivity contribution in [1.82, 2.24) is 20.0 Å². The van der Waals surface area contributed by atoms with Gasteiger partial charge in [-0.3, -0.25) is 9.89 Å². The minimum Gasteiger partial charge on any atom is -0.355 e. The third-order valence-electron chi connectivity index (χ3n) is 5.46. The predicted octanol–water partition coefficient (Wildman–Crippen LogP) is 2.90. The Labute approximate surface area is 183 Å². The number of halogens is 1. The van der Waals surface area contributed by atoms with Gasteiger partial charge in [0.1, 0.15) is 0 Å². The van der Waals surface area contributed by atoms with Crippen molar-refractivity contribution >= 4 is 29.9 Å². The SMILES string of the molecule is CCc1ccc(CN(C)C(=NC)NCC(C)N2CCN(CC)CC2)cc1.I. The molecule has 0 aromatic heterocycles. The highest BCUT2D eigenvalue weighted by Crippen LogP contribution is 2.08. The molecule has 2 rings (SSSR count). The Morgan fingerprint density at radius 3 is 2.22 bits per heavy atom. The molecule has 0 bridgehead atoms.